The van der Waals surface area contributed by atoms with Crippen LogP contribution in [-0.4, -0.2) is 48.5 Å². The van der Waals surface area contributed by atoms with E-state index >= 15 is 0 Å². The Morgan fingerprint density at radius 2 is 1.86 bits per heavy atom. The number of rotatable bonds is 7. The number of nitrogens with one attached hydrogen (secondary N) is 1. The maximum Gasteiger partial charge on any atom is 0.328 e. The first kappa shape index (κ1) is 24.4. The quantitative estimate of drug-likeness (QED) is 0.563. The Kier molecular flexibility index (Phi) is 11.2. The van der Waals surface area contributed by atoms with Gasteiger partial charge in [0.15, 0.2) is 0 Å². The molecule has 0 aliphatic carbocycles. The lowest BCUT2D eigenvalue weighted by Crippen LogP contribution is -2.38. The minimum Gasteiger partial charge on any atom is -0.478 e. The van der Waals surface area contributed by atoms with Crippen LogP contribution in [0, 0.1) is 11.8 Å². The van der Waals surface area contributed by atoms with Gasteiger partial charge in [0.25, 0.3) is 0 Å². The van der Waals surface area contributed by atoms with Gasteiger partial charge in [-0.05, 0) is 42.5 Å². The first-order valence-corrected chi connectivity index (χ1v) is 9.83. The highest BCUT2D eigenvalue weighted by atomic mass is 35.5. The molecular formula is C20H27Cl2NO5. The highest BCUT2D eigenvalue weighted by Crippen LogP contribution is 2.34. The van der Waals surface area contributed by atoms with Crippen molar-refractivity contribution in [3.05, 3.63) is 46.0 Å². The molecule has 0 saturated carbocycles. The van der Waals surface area contributed by atoms with E-state index in [1.807, 2.05) is 12.1 Å². The smallest absolute Gasteiger partial charge is 0.328 e. The summed E-state index contributed by atoms with van der Waals surface area (Å²) in [6, 6.07) is 6.00. The lowest BCUT2D eigenvalue weighted by atomic mass is 9.81. The van der Waals surface area contributed by atoms with Crippen molar-refractivity contribution < 1.29 is 24.5 Å². The molecular weight excluding hydrogens is 405 g/mol. The first-order chi connectivity index (χ1) is 13.2. The lowest BCUT2D eigenvalue weighted by molar-refractivity contribution is -0.134. The molecule has 1 aliphatic heterocycles. The summed E-state index contributed by atoms with van der Waals surface area (Å²) in [5.41, 5.74) is 1.28. The van der Waals surface area contributed by atoms with Gasteiger partial charge in [-0.1, -0.05) is 43.1 Å². The Morgan fingerprint density at radius 1 is 1.21 bits per heavy atom. The highest BCUT2D eigenvalue weighted by molar-refractivity contribution is 6.42. The van der Waals surface area contributed by atoms with Gasteiger partial charge >= 0.3 is 11.9 Å². The Hall–Kier alpha value is -1.60. The van der Waals surface area contributed by atoms with Crippen LogP contribution in [-0.2, 0) is 14.3 Å². The third-order valence-corrected chi connectivity index (χ3v) is 4.87. The standard InChI is InChI=1S/C16H23Cl2NO.C4H4O4/c1-11(2)9-20-10-13-8-19-6-5-14(13)12-3-4-15(17)16(18)7-12;5-3(6)1-2-4(7)8/h3-4,7,11,13-14,19H,5-6,8-10H2,1-2H3;1-2H,(H,5,6)(H,7,8)/t13-,14-;/m0./s1. The van der Waals surface area contributed by atoms with E-state index in [0.29, 0.717) is 40.0 Å². The van der Waals surface area contributed by atoms with E-state index in [1.165, 1.54) is 5.56 Å². The van der Waals surface area contributed by atoms with E-state index in [4.69, 9.17) is 38.2 Å². The average Bonchev–Trinajstić information content (AvgIpc) is 2.63. The topological polar surface area (TPSA) is 95.9 Å². The molecule has 0 amide bonds. The van der Waals surface area contributed by atoms with Crippen LogP contribution in [0.25, 0.3) is 0 Å². The Morgan fingerprint density at radius 3 is 2.39 bits per heavy atom. The Bertz CT molecular complexity index is 663. The number of hydrogen-bond donors (Lipinski definition) is 3. The van der Waals surface area contributed by atoms with Gasteiger partial charge in [0, 0.05) is 31.2 Å². The minimum absolute atomic E-state index is 0.498. The summed E-state index contributed by atoms with van der Waals surface area (Å²) in [6.45, 7) is 8.03. The van der Waals surface area contributed by atoms with Gasteiger partial charge in [-0.25, -0.2) is 9.59 Å². The van der Waals surface area contributed by atoms with Crippen LogP contribution in [0.5, 0.6) is 0 Å². The minimum atomic E-state index is -1.26. The number of carbonyl (C=O) groups is 2. The van der Waals surface area contributed by atoms with Gasteiger partial charge in [0.1, 0.15) is 0 Å². The summed E-state index contributed by atoms with van der Waals surface area (Å²) < 4.78 is 5.84. The zero-order chi connectivity index (χ0) is 21.1. The molecule has 1 aromatic rings. The van der Waals surface area contributed by atoms with Gasteiger partial charge in [0.2, 0.25) is 0 Å². The summed E-state index contributed by atoms with van der Waals surface area (Å²) in [6.07, 6.45) is 2.23. The number of aliphatic carboxylic acids is 2. The molecule has 0 unspecified atom stereocenters. The number of piperidine rings is 1. The van der Waals surface area contributed by atoms with Crippen LogP contribution in [0.4, 0.5) is 0 Å². The second kappa shape index (κ2) is 12.8. The van der Waals surface area contributed by atoms with Crippen molar-refractivity contribution in [2.75, 3.05) is 26.3 Å². The van der Waals surface area contributed by atoms with Crippen molar-refractivity contribution in [3.63, 3.8) is 0 Å². The molecule has 3 N–H and O–H groups in total. The molecule has 156 valence electrons. The summed E-state index contributed by atoms with van der Waals surface area (Å²) in [5.74, 6) is -0.937. The van der Waals surface area contributed by atoms with Crippen LogP contribution in [0.3, 0.4) is 0 Å². The zero-order valence-corrected chi connectivity index (χ0v) is 17.5. The molecule has 1 aromatic carbocycles. The average molecular weight is 432 g/mol. The van der Waals surface area contributed by atoms with Crippen molar-refractivity contribution in [1.82, 2.24) is 5.32 Å². The SMILES string of the molecule is CC(C)COC[C@@H]1CNCC[C@H]1c1ccc(Cl)c(Cl)c1.O=C(O)C=CC(=O)O. The molecule has 0 spiro atoms. The number of ether oxygens (including phenoxy) is 1. The van der Waals surface area contributed by atoms with Crippen LogP contribution in [0.2, 0.25) is 10.0 Å². The molecule has 0 radical (unpaired) electrons. The molecule has 1 aliphatic rings. The van der Waals surface area contributed by atoms with Gasteiger partial charge in [-0.2, -0.15) is 0 Å². The molecule has 0 aromatic heterocycles. The van der Waals surface area contributed by atoms with Crippen molar-refractivity contribution >= 4 is 35.1 Å². The fraction of sp³-hybridized carbons (Fsp3) is 0.500. The van der Waals surface area contributed by atoms with Gasteiger partial charge in [-0.15, -0.1) is 0 Å². The van der Waals surface area contributed by atoms with Crippen molar-refractivity contribution in [2.24, 2.45) is 11.8 Å². The number of carboxylic acids is 2. The van der Waals surface area contributed by atoms with E-state index < -0.39 is 11.9 Å². The first-order valence-electron chi connectivity index (χ1n) is 9.08. The number of carboxylic acid groups (broad SMARTS) is 2. The number of halogens is 2. The summed E-state index contributed by atoms with van der Waals surface area (Å²) in [5, 5.41) is 20.3. The van der Waals surface area contributed by atoms with Crippen molar-refractivity contribution in [3.8, 4) is 0 Å². The van der Waals surface area contributed by atoms with Crippen LogP contribution in [0.1, 0.15) is 31.7 Å². The molecule has 28 heavy (non-hydrogen) atoms. The monoisotopic (exact) mass is 431 g/mol. The maximum atomic E-state index is 9.55. The molecule has 2 atom stereocenters. The number of benzene rings is 1. The summed E-state index contributed by atoms with van der Waals surface area (Å²) in [7, 11) is 0. The second-order valence-corrected chi connectivity index (χ2v) is 7.79. The fourth-order valence-corrected chi connectivity index (χ4v) is 3.18. The molecule has 0 bridgehead atoms. The molecule has 8 heteroatoms. The Balaban J connectivity index is 0.000000416. The maximum absolute atomic E-state index is 9.55. The summed E-state index contributed by atoms with van der Waals surface area (Å²) >= 11 is 12.2. The largest absolute Gasteiger partial charge is 0.478 e. The molecule has 1 saturated heterocycles. The number of hydrogen-bond acceptors (Lipinski definition) is 4. The van der Waals surface area contributed by atoms with E-state index in [9.17, 15) is 9.59 Å². The molecule has 2 rings (SSSR count). The fourth-order valence-electron chi connectivity index (χ4n) is 2.88. The summed E-state index contributed by atoms with van der Waals surface area (Å²) in [4.78, 5) is 19.1. The molecule has 1 heterocycles. The van der Waals surface area contributed by atoms with Gasteiger partial charge in [-0.3, -0.25) is 0 Å². The third-order valence-electron chi connectivity index (χ3n) is 4.13. The van der Waals surface area contributed by atoms with Gasteiger partial charge in [0.05, 0.1) is 16.7 Å². The predicted octanol–water partition coefficient (Wildman–Crippen LogP) is 4.07. The van der Waals surface area contributed by atoms with Crippen LogP contribution >= 0.6 is 23.2 Å². The van der Waals surface area contributed by atoms with E-state index in [1.54, 1.807) is 0 Å². The van der Waals surface area contributed by atoms with Crippen LogP contribution in [0.15, 0.2) is 30.4 Å². The predicted molar refractivity (Wildman–Crippen MR) is 110 cm³/mol. The van der Waals surface area contributed by atoms with Crippen molar-refractivity contribution in [2.45, 2.75) is 26.2 Å². The zero-order valence-electron chi connectivity index (χ0n) is 16.0. The van der Waals surface area contributed by atoms with E-state index in [0.717, 1.165) is 32.7 Å². The normalized spacial score (nSPS) is 19.3. The highest BCUT2D eigenvalue weighted by Gasteiger charge is 2.27. The molecule has 6 nitrogen and oxygen atoms in total. The van der Waals surface area contributed by atoms with Gasteiger partial charge < -0.3 is 20.3 Å². The Labute approximate surface area is 175 Å². The molecule has 1 fully saturated rings. The third kappa shape index (κ3) is 9.55. The second-order valence-electron chi connectivity index (χ2n) is 6.97. The van der Waals surface area contributed by atoms with Crippen molar-refractivity contribution in [1.29, 1.82) is 0 Å². The van der Waals surface area contributed by atoms with E-state index in [2.05, 4.69) is 25.2 Å². The van der Waals surface area contributed by atoms with E-state index in [-0.39, 0.29) is 0 Å². The van der Waals surface area contributed by atoms with Crippen LogP contribution < -0.4 is 5.32 Å². The lowest BCUT2D eigenvalue weighted by Gasteiger charge is -2.32.